The number of rotatable bonds is 4. The van der Waals surface area contributed by atoms with E-state index >= 15 is 0 Å². The van der Waals surface area contributed by atoms with Crippen molar-refractivity contribution >= 4 is 6.08 Å². The third-order valence-corrected chi connectivity index (χ3v) is 3.78. The average molecular weight is 310 g/mol. The molecule has 122 valence electrons. The van der Waals surface area contributed by atoms with Gasteiger partial charge in [0.25, 0.3) is 0 Å². The van der Waals surface area contributed by atoms with Crippen molar-refractivity contribution in [3.63, 3.8) is 0 Å². The SMILES string of the molecule is C[C@]1(O)C[C@H](OC/C=C/c2ccc(O)c(O)c2)[C@@H](O)[C@@H](O)C1. The number of ether oxygens (including phenoxy) is 1. The number of hydrogen-bond donors (Lipinski definition) is 5. The van der Waals surface area contributed by atoms with Crippen LogP contribution in [0.4, 0.5) is 0 Å². The third kappa shape index (κ3) is 4.20. The van der Waals surface area contributed by atoms with Gasteiger partial charge in [-0.3, -0.25) is 0 Å². The molecule has 1 fully saturated rings. The van der Waals surface area contributed by atoms with Crippen LogP contribution in [0.1, 0.15) is 25.3 Å². The second kappa shape index (κ2) is 6.66. The van der Waals surface area contributed by atoms with Crippen LogP contribution in [0.3, 0.4) is 0 Å². The van der Waals surface area contributed by atoms with Crippen molar-refractivity contribution in [1.82, 2.24) is 0 Å². The van der Waals surface area contributed by atoms with Crippen LogP contribution in [-0.2, 0) is 4.74 Å². The Labute approximate surface area is 128 Å². The predicted molar refractivity (Wildman–Crippen MR) is 80.4 cm³/mol. The molecule has 0 aliphatic heterocycles. The highest BCUT2D eigenvalue weighted by Crippen LogP contribution is 2.30. The minimum Gasteiger partial charge on any atom is -0.504 e. The molecule has 1 saturated carbocycles. The number of benzene rings is 1. The lowest BCUT2D eigenvalue weighted by molar-refractivity contribution is -0.162. The zero-order valence-corrected chi connectivity index (χ0v) is 12.4. The Hall–Kier alpha value is -1.60. The number of aromatic hydroxyl groups is 2. The first-order valence-electron chi connectivity index (χ1n) is 7.17. The molecule has 4 atom stereocenters. The zero-order chi connectivity index (χ0) is 16.3. The largest absolute Gasteiger partial charge is 0.504 e. The molecular formula is C16H22O6. The van der Waals surface area contributed by atoms with Crippen molar-refractivity contribution in [2.75, 3.05) is 6.61 Å². The molecule has 0 radical (unpaired) electrons. The zero-order valence-electron chi connectivity index (χ0n) is 12.4. The van der Waals surface area contributed by atoms with E-state index in [1.54, 1.807) is 25.1 Å². The molecule has 0 amide bonds. The number of hydrogen-bond acceptors (Lipinski definition) is 6. The van der Waals surface area contributed by atoms with Gasteiger partial charge in [-0.05, 0) is 24.6 Å². The van der Waals surface area contributed by atoms with E-state index in [2.05, 4.69) is 0 Å². The summed E-state index contributed by atoms with van der Waals surface area (Å²) in [6, 6.07) is 4.43. The summed E-state index contributed by atoms with van der Waals surface area (Å²) >= 11 is 0. The number of aliphatic hydroxyl groups excluding tert-OH is 2. The maximum Gasteiger partial charge on any atom is 0.157 e. The molecule has 1 aromatic rings. The molecule has 2 rings (SSSR count). The Morgan fingerprint density at radius 3 is 2.64 bits per heavy atom. The molecule has 6 nitrogen and oxygen atoms in total. The normalized spacial score (nSPS) is 32.5. The van der Waals surface area contributed by atoms with Crippen LogP contribution >= 0.6 is 0 Å². The summed E-state index contributed by atoms with van der Waals surface area (Å²) in [5.74, 6) is -0.389. The number of aliphatic hydroxyl groups is 3. The topological polar surface area (TPSA) is 110 Å². The van der Waals surface area contributed by atoms with Crippen LogP contribution in [0.25, 0.3) is 6.08 Å². The average Bonchev–Trinajstić information content (AvgIpc) is 2.43. The first kappa shape index (κ1) is 16.8. The first-order chi connectivity index (χ1) is 10.3. The van der Waals surface area contributed by atoms with Gasteiger partial charge < -0.3 is 30.3 Å². The van der Waals surface area contributed by atoms with Crippen molar-refractivity contribution in [1.29, 1.82) is 0 Å². The van der Waals surface area contributed by atoms with E-state index in [0.29, 0.717) is 5.56 Å². The van der Waals surface area contributed by atoms with Gasteiger partial charge in [0.1, 0.15) is 6.10 Å². The number of phenols is 2. The highest BCUT2D eigenvalue weighted by molar-refractivity contribution is 5.55. The summed E-state index contributed by atoms with van der Waals surface area (Å²) in [5.41, 5.74) is -0.370. The standard InChI is InChI=1S/C16H22O6/c1-16(21)8-13(19)15(20)14(9-16)22-6-2-3-10-4-5-11(17)12(18)7-10/h2-5,7,13-15,17-21H,6,8-9H2,1H3/b3-2+/t13-,14-,15-,16+/m0/s1. The lowest BCUT2D eigenvalue weighted by atomic mass is 9.81. The lowest BCUT2D eigenvalue weighted by Gasteiger charge is -2.40. The molecule has 5 N–H and O–H groups in total. The van der Waals surface area contributed by atoms with E-state index in [4.69, 9.17) is 4.74 Å². The van der Waals surface area contributed by atoms with Crippen LogP contribution in [0.2, 0.25) is 0 Å². The quantitative estimate of drug-likeness (QED) is 0.525. The van der Waals surface area contributed by atoms with Gasteiger partial charge in [0, 0.05) is 12.8 Å². The monoisotopic (exact) mass is 310 g/mol. The Morgan fingerprint density at radius 2 is 1.95 bits per heavy atom. The summed E-state index contributed by atoms with van der Waals surface area (Å²) in [7, 11) is 0. The predicted octanol–water partition coefficient (Wildman–Crippen LogP) is 0.763. The molecule has 0 spiro atoms. The van der Waals surface area contributed by atoms with Crippen molar-refractivity contribution in [3.8, 4) is 11.5 Å². The van der Waals surface area contributed by atoms with Crippen LogP contribution in [0.15, 0.2) is 24.3 Å². The van der Waals surface area contributed by atoms with Crippen LogP contribution < -0.4 is 0 Å². The smallest absolute Gasteiger partial charge is 0.157 e. The fraction of sp³-hybridized carbons (Fsp3) is 0.500. The molecule has 0 heterocycles. The van der Waals surface area contributed by atoms with E-state index in [0.717, 1.165) is 0 Å². The molecule has 0 bridgehead atoms. The van der Waals surface area contributed by atoms with E-state index in [-0.39, 0.29) is 30.9 Å². The van der Waals surface area contributed by atoms with Gasteiger partial charge >= 0.3 is 0 Å². The summed E-state index contributed by atoms with van der Waals surface area (Å²) in [4.78, 5) is 0. The molecule has 0 unspecified atom stereocenters. The molecule has 1 aliphatic rings. The van der Waals surface area contributed by atoms with Crippen LogP contribution in [0, 0.1) is 0 Å². The number of phenolic OH excluding ortho intramolecular Hbond substituents is 2. The lowest BCUT2D eigenvalue weighted by Crippen LogP contribution is -2.52. The summed E-state index contributed by atoms with van der Waals surface area (Å²) in [6.45, 7) is 1.79. The van der Waals surface area contributed by atoms with Gasteiger partial charge in [0.2, 0.25) is 0 Å². The molecule has 0 saturated heterocycles. The second-order valence-corrected chi connectivity index (χ2v) is 5.99. The van der Waals surface area contributed by atoms with Crippen molar-refractivity contribution in [3.05, 3.63) is 29.8 Å². The van der Waals surface area contributed by atoms with Gasteiger partial charge in [-0.15, -0.1) is 0 Å². The minimum absolute atomic E-state index is 0.122. The van der Waals surface area contributed by atoms with Gasteiger partial charge in [-0.25, -0.2) is 0 Å². The van der Waals surface area contributed by atoms with Gasteiger partial charge in [0.05, 0.1) is 24.4 Å². The highest BCUT2D eigenvalue weighted by Gasteiger charge is 2.41. The molecule has 0 aromatic heterocycles. The van der Waals surface area contributed by atoms with E-state index in [1.807, 2.05) is 0 Å². The fourth-order valence-electron chi connectivity index (χ4n) is 2.62. The maximum atomic E-state index is 10.0. The Bertz CT molecular complexity index is 539. The Balaban J connectivity index is 1.89. The van der Waals surface area contributed by atoms with E-state index in [1.165, 1.54) is 12.1 Å². The fourth-order valence-corrected chi connectivity index (χ4v) is 2.62. The second-order valence-electron chi connectivity index (χ2n) is 5.99. The summed E-state index contributed by atoms with van der Waals surface area (Å²) < 4.78 is 5.51. The van der Waals surface area contributed by atoms with E-state index < -0.39 is 23.9 Å². The molecule has 1 aromatic carbocycles. The summed E-state index contributed by atoms with van der Waals surface area (Å²) in [6.07, 6.45) is 1.09. The highest BCUT2D eigenvalue weighted by atomic mass is 16.5. The van der Waals surface area contributed by atoms with Crippen molar-refractivity contribution in [2.24, 2.45) is 0 Å². The maximum absolute atomic E-state index is 10.0. The third-order valence-electron chi connectivity index (χ3n) is 3.78. The van der Waals surface area contributed by atoms with Crippen LogP contribution in [0.5, 0.6) is 11.5 Å². The molecule has 22 heavy (non-hydrogen) atoms. The van der Waals surface area contributed by atoms with E-state index in [9.17, 15) is 25.5 Å². The van der Waals surface area contributed by atoms with Crippen molar-refractivity contribution < 1.29 is 30.3 Å². The van der Waals surface area contributed by atoms with Crippen molar-refractivity contribution in [2.45, 2.75) is 43.7 Å². The Kier molecular flexibility index (Phi) is 5.08. The van der Waals surface area contributed by atoms with Crippen LogP contribution in [-0.4, -0.2) is 56.1 Å². The summed E-state index contributed by atoms with van der Waals surface area (Å²) in [5, 5.41) is 48.2. The first-order valence-corrected chi connectivity index (χ1v) is 7.17. The van der Waals surface area contributed by atoms with Gasteiger partial charge in [0.15, 0.2) is 11.5 Å². The Morgan fingerprint density at radius 1 is 1.23 bits per heavy atom. The van der Waals surface area contributed by atoms with Gasteiger partial charge in [-0.2, -0.15) is 0 Å². The molecular weight excluding hydrogens is 288 g/mol. The van der Waals surface area contributed by atoms with Gasteiger partial charge in [-0.1, -0.05) is 18.2 Å². The molecule has 1 aliphatic carbocycles. The molecule has 6 heteroatoms. The minimum atomic E-state index is -1.06.